The van der Waals surface area contributed by atoms with Crippen LogP contribution in [0.2, 0.25) is 5.02 Å². The normalized spacial score (nSPS) is 15.0. The molecule has 4 aromatic rings. The van der Waals surface area contributed by atoms with Crippen LogP contribution in [0.15, 0.2) is 77.8 Å². The Morgan fingerprint density at radius 2 is 1.83 bits per heavy atom. The third-order valence-corrected chi connectivity index (χ3v) is 8.97. The summed E-state index contributed by atoms with van der Waals surface area (Å²) >= 11 is 7.63. The number of methoxy groups -OCH3 is 1. The minimum atomic E-state index is -0.112. The monoisotopic (exact) mass is 586 g/mol. The van der Waals surface area contributed by atoms with Crippen LogP contribution < -0.4 is 14.8 Å². The standard InChI is InChI=1S/C34H35ClN2O3S/c1-34(2,3)24-13-16-27-30(19-24)41-33(31(27)32(38)37-26-8-6-5-7-9-26)36-20-23-12-17-28(29(18-23)39-4)40-21-22-10-14-25(35)15-11-22/h5-12,14-15,17-18,20,24H,13,16,19,21H2,1-4H3,(H,37,38)/t24-/m1/s1. The summed E-state index contributed by atoms with van der Waals surface area (Å²) in [5.41, 5.74) is 4.68. The molecule has 1 aliphatic carbocycles. The van der Waals surface area contributed by atoms with Crippen molar-refractivity contribution in [2.75, 3.05) is 12.4 Å². The summed E-state index contributed by atoms with van der Waals surface area (Å²) in [4.78, 5) is 19.7. The maximum Gasteiger partial charge on any atom is 0.259 e. The van der Waals surface area contributed by atoms with Crippen molar-refractivity contribution in [3.8, 4) is 11.5 Å². The molecule has 1 aromatic heterocycles. The molecule has 1 N–H and O–H groups in total. The number of hydrogen-bond acceptors (Lipinski definition) is 5. The number of para-hydroxylation sites is 1. The SMILES string of the molecule is COc1cc(C=Nc2sc3c(c2C(=O)Nc2ccccc2)CC[C@@H](C(C)(C)C)C3)ccc1OCc1ccc(Cl)cc1. The van der Waals surface area contributed by atoms with Crippen LogP contribution >= 0.6 is 22.9 Å². The second kappa shape index (κ2) is 12.5. The van der Waals surface area contributed by atoms with Gasteiger partial charge in [0.05, 0.1) is 12.7 Å². The first-order valence-corrected chi connectivity index (χ1v) is 15.0. The molecule has 1 atom stereocenters. The van der Waals surface area contributed by atoms with E-state index in [1.165, 1.54) is 4.88 Å². The van der Waals surface area contributed by atoms with Gasteiger partial charge in [0.2, 0.25) is 0 Å². The van der Waals surface area contributed by atoms with Crippen LogP contribution in [0.4, 0.5) is 10.7 Å². The van der Waals surface area contributed by atoms with E-state index < -0.39 is 0 Å². The van der Waals surface area contributed by atoms with Gasteiger partial charge in [0, 0.05) is 21.8 Å². The Balaban J connectivity index is 1.40. The van der Waals surface area contributed by atoms with E-state index in [-0.39, 0.29) is 11.3 Å². The second-order valence-electron chi connectivity index (χ2n) is 11.4. The minimum absolute atomic E-state index is 0.112. The minimum Gasteiger partial charge on any atom is -0.493 e. The molecule has 0 fully saturated rings. The number of carbonyl (C=O) groups is 1. The van der Waals surface area contributed by atoms with Gasteiger partial charge >= 0.3 is 0 Å². The van der Waals surface area contributed by atoms with Crippen LogP contribution in [0.1, 0.15) is 59.1 Å². The lowest BCUT2D eigenvalue weighted by Crippen LogP contribution is -2.27. The Hall–Kier alpha value is -3.61. The van der Waals surface area contributed by atoms with Crippen molar-refractivity contribution in [2.24, 2.45) is 16.3 Å². The third-order valence-electron chi connectivity index (χ3n) is 7.56. The molecule has 0 spiro atoms. The van der Waals surface area contributed by atoms with E-state index in [9.17, 15) is 4.79 Å². The molecule has 7 heteroatoms. The molecular weight excluding hydrogens is 552 g/mol. The first-order valence-electron chi connectivity index (χ1n) is 13.8. The van der Waals surface area contributed by atoms with E-state index in [1.54, 1.807) is 24.7 Å². The topological polar surface area (TPSA) is 59.9 Å². The highest BCUT2D eigenvalue weighted by molar-refractivity contribution is 7.16. The fraction of sp³-hybridized carbons (Fsp3) is 0.294. The number of nitrogens with one attached hydrogen (secondary N) is 1. The molecule has 41 heavy (non-hydrogen) atoms. The van der Waals surface area contributed by atoms with Crippen LogP contribution in [0.25, 0.3) is 0 Å². The highest BCUT2D eigenvalue weighted by Crippen LogP contribution is 2.45. The first-order chi connectivity index (χ1) is 19.7. The summed E-state index contributed by atoms with van der Waals surface area (Å²) < 4.78 is 11.6. The molecule has 0 aliphatic heterocycles. The summed E-state index contributed by atoms with van der Waals surface area (Å²) in [7, 11) is 1.62. The summed E-state index contributed by atoms with van der Waals surface area (Å²) in [6.45, 7) is 7.30. The molecule has 0 saturated heterocycles. The molecule has 3 aromatic carbocycles. The smallest absolute Gasteiger partial charge is 0.259 e. The van der Waals surface area contributed by atoms with Crippen molar-refractivity contribution < 1.29 is 14.3 Å². The predicted molar refractivity (Wildman–Crippen MR) is 170 cm³/mol. The average molecular weight is 587 g/mol. The van der Waals surface area contributed by atoms with Gasteiger partial charge in [0.15, 0.2) is 11.5 Å². The number of nitrogens with zero attached hydrogens (tertiary/aromatic N) is 1. The van der Waals surface area contributed by atoms with E-state index in [0.717, 1.165) is 46.6 Å². The number of anilines is 1. The van der Waals surface area contributed by atoms with E-state index in [0.29, 0.717) is 34.6 Å². The lowest BCUT2D eigenvalue weighted by atomic mass is 9.72. The van der Waals surface area contributed by atoms with Gasteiger partial charge in [-0.2, -0.15) is 0 Å². The maximum atomic E-state index is 13.6. The zero-order valence-corrected chi connectivity index (χ0v) is 25.4. The summed E-state index contributed by atoms with van der Waals surface area (Å²) in [5, 5.41) is 4.51. The molecule has 1 heterocycles. The van der Waals surface area contributed by atoms with Gasteiger partial charge in [-0.1, -0.05) is 62.7 Å². The number of aliphatic imine (C=N–C) groups is 1. The van der Waals surface area contributed by atoms with Crippen molar-refractivity contribution in [1.29, 1.82) is 0 Å². The Morgan fingerprint density at radius 3 is 2.54 bits per heavy atom. The van der Waals surface area contributed by atoms with Gasteiger partial charge in [-0.15, -0.1) is 11.3 Å². The maximum absolute atomic E-state index is 13.6. The summed E-state index contributed by atoms with van der Waals surface area (Å²) in [6, 6.07) is 22.9. The number of carbonyl (C=O) groups excluding carboxylic acids is 1. The van der Waals surface area contributed by atoms with Crippen molar-refractivity contribution in [2.45, 2.75) is 46.6 Å². The molecule has 5 nitrogen and oxygen atoms in total. The number of thiophene rings is 1. The number of benzene rings is 3. The van der Waals surface area contributed by atoms with Crippen molar-refractivity contribution in [3.05, 3.63) is 105 Å². The van der Waals surface area contributed by atoms with Crippen molar-refractivity contribution in [1.82, 2.24) is 0 Å². The van der Waals surface area contributed by atoms with Gasteiger partial charge in [-0.25, -0.2) is 4.99 Å². The van der Waals surface area contributed by atoms with E-state index >= 15 is 0 Å². The van der Waals surface area contributed by atoms with Crippen LogP contribution in [0, 0.1) is 11.3 Å². The van der Waals surface area contributed by atoms with Gasteiger partial charge in [-0.05, 0) is 89.8 Å². The number of amides is 1. The van der Waals surface area contributed by atoms with Crippen LogP contribution in [0.3, 0.4) is 0 Å². The van der Waals surface area contributed by atoms with Crippen molar-refractivity contribution >= 4 is 45.7 Å². The quantitative estimate of drug-likeness (QED) is 0.209. The third kappa shape index (κ3) is 7.00. The molecular formula is C34H35ClN2O3S. The fourth-order valence-electron chi connectivity index (χ4n) is 5.11. The van der Waals surface area contributed by atoms with Crippen molar-refractivity contribution in [3.63, 3.8) is 0 Å². The second-order valence-corrected chi connectivity index (χ2v) is 12.9. The van der Waals surface area contributed by atoms with Crippen LogP contribution in [-0.4, -0.2) is 19.2 Å². The Labute approximate surface area is 251 Å². The highest BCUT2D eigenvalue weighted by atomic mass is 35.5. The van der Waals surface area contributed by atoms with Gasteiger partial charge < -0.3 is 14.8 Å². The highest BCUT2D eigenvalue weighted by Gasteiger charge is 2.33. The van der Waals surface area contributed by atoms with Crippen LogP contribution in [-0.2, 0) is 19.4 Å². The average Bonchev–Trinajstić information content (AvgIpc) is 3.34. The molecule has 0 bridgehead atoms. The number of rotatable bonds is 8. The molecule has 1 aliphatic rings. The summed E-state index contributed by atoms with van der Waals surface area (Å²) in [5.74, 6) is 1.71. The molecule has 0 radical (unpaired) electrons. The molecule has 0 saturated carbocycles. The van der Waals surface area contributed by atoms with Crippen LogP contribution in [0.5, 0.6) is 11.5 Å². The predicted octanol–water partition coefficient (Wildman–Crippen LogP) is 9.14. The lowest BCUT2D eigenvalue weighted by Gasteiger charge is -2.33. The molecule has 1 amide bonds. The first kappa shape index (κ1) is 28.9. The zero-order valence-electron chi connectivity index (χ0n) is 23.9. The molecule has 5 rings (SSSR count). The largest absolute Gasteiger partial charge is 0.493 e. The number of ether oxygens (including phenoxy) is 2. The zero-order chi connectivity index (χ0) is 29.0. The molecule has 0 unspecified atom stereocenters. The van der Waals surface area contributed by atoms with Gasteiger partial charge in [0.25, 0.3) is 5.91 Å². The van der Waals surface area contributed by atoms with E-state index in [2.05, 4.69) is 26.1 Å². The number of fused-ring (bicyclic) bond motifs is 1. The Morgan fingerprint density at radius 1 is 1.07 bits per heavy atom. The van der Waals surface area contributed by atoms with E-state index in [4.69, 9.17) is 26.1 Å². The Kier molecular flexibility index (Phi) is 8.81. The molecule has 212 valence electrons. The van der Waals surface area contributed by atoms with Gasteiger partial charge in [-0.3, -0.25) is 4.79 Å². The number of halogens is 1. The lowest BCUT2D eigenvalue weighted by molar-refractivity contribution is 0.102. The van der Waals surface area contributed by atoms with E-state index in [1.807, 2.05) is 72.8 Å². The number of hydrogen-bond donors (Lipinski definition) is 1. The Bertz CT molecular complexity index is 1540. The fourth-order valence-corrected chi connectivity index (χ4v) is 6.50. The summed E-state index contributed by atoms with van der Waals surface area (Å²) in [6.07, 6.45) is 4.71. The van der Waals surface area contributed by atoms with Gasteiger partial charge in [0.1, 0.15) is 11.6 Å².